The van der Waals surface area contributed by atoms with Gasteiger partial charge in [0.2, 0.25) is 0 Å². The summed E-state index contributed by atoms with van der Waals surface area (Å²) in [5.74, 6) is 0.529. The second-order valence-electron chi connectivity index (χ2n) is 5.43. The van der Waals surface area contributed by atoms with Gasteiger partial charge in [-0.2, -0.15) is 0 Å². The van der Waals surface area contributed by atoms with E-state index in [1.807, 2.05) is 32.0 Å². The van der Waals surface area contributed by atoms with Gasteiger partial charge in [0.15, 0.2) is 6.61 Å². The van der Waals surface area contributed by atoms with Gasteiger partial charge >= 0.3 is 0 Å². The fourth-order valence-corrected chi connectivity index (χ4v) is 2.41. The maximum absolute atomic E-state index is 11.7. The first-order valence-corrected chi connectivity index (χ1v) is 7.33. The number of nitrogens with one attached hydrogen (secondary N) is 1. The molecular weight excluding hydrogens is 254 g/mol. The highest BCUT2D eigenvalue weighted by atomic mass is 16.5. The van der Waals surface area contributed by atoms with Crippen molar-refractivity contribution in [2.45, 2.75) is 51.7 Å². The number of ether oxygens (including phenoxy) is 1. The van der Waals surface area contributed by atoms with Crippen LogP contribution in [-0.2, 0) is 11.2 Å². The number of aliphatic hydroxyl groups excluding tert-OH is 1. The van der Waals surface area contributed by atoms with Crippen LogP contribution in [0, 0.1) is 0 Å². The van der Waals surface area contributed by atoms with Crippen molar-refractivity contribution < 1.29 is 14.6 Å². The van der Waals surface area contributed by atoms with Crippen LogP contribution in [0.1, 0.15) is 50.3 Å². The van der Waals surface area contributed by atoms with E-state index in [0.717, 1.165) is 31.2 Å². The summed E-state index contributed by atoms with van der Waals surface area (Å²) in [5.41, 5.74) is 2.12. The second-order valence-corrected chi connectivity index (χ2v) is 5.43. The standard InChI is InChI=1S/C16H23NO3/c1-3-11(2)17-16(19)10-20-13-8-7-12-5-4-6-15(18)14(12)9-13/h7-9,11,15,18H,3-6,10H2,1-2H3,(H,17,19)/t11?,15-/m1/s1. The minimum Gasteiger partial charge on any atom is -0.484 e. The lowest BCUT2D eigenvalue weighted by Gasteiger charge is -2.22. The van der Waals surface area contributed by atoms with Gasteiger partial charge in [-0.25, -0.2) is 0 Å². The van der Waals surface area contributed by atoms with E-state index in [2.05, 4.69) is 5.32 Å². The van der Waals surface area contributed by atoms with Crippen LogP contribution >= 0.6 is 0 Å². The van der Waals surface area contributed by atoms with E-state index >= 15 is 0 Å². The summed E-state index contributed by atoms with van der Waals surface area (Å²) >= 11 is 0. The number of carbonyl (C=O) groups is 1. The Balaban J connectivity index is 1.94. The average Bonchev–Trinajstić information content (AvgIpc) is 2.45. The van der Waals surface area contributed by atoms with Crippen LogP contribution in [0.25, 0.3) is 0 Å². The molecule has 0 heterocycles. The van der Waals surface area contributed by atoms with Crippen LogP contribution in [0.5, 0.6) is 5.75 Å². The summed E-state index contributed by atoms with van der Waals surface area (Å²) in [6, 6.07) is 5.87. The molecular formula is C16H23NO3. The van der Waals surface area contributed by atoms with Gasteiger partial charge in [-0.05, 0) is 55.9 Å². The molecule has 0 spiro atoms. The molecule has 0 radical (unpaired) electrons. The number of carbonyl (C=O) groups excluding carboxylic acids is 1. The second kappa shape index (κ2) is 6.75. The van der Waals surface area contributed by atoms with Gasteiger partial charge in [0.25, 0.3) is 5.91 Å². The number of aryl methyl sites for hydroxylation is 1. The SMILES string of the molecule is CCC(C)NC(=O)COc1ccc2c(c1)[C@H](O)CCC2. The van der Waals surface area contributed by atoms with Crippen molar-refractivity contribution in [1.82, 2.24) is 5.32 Å². The Labute approximate surface area is 120 Å². The number of amides is 1. The smallest absolute Gasteiger partial charge is 0.258 e. The van der Waals surface area contributed by atoms with Crippen LogP contribution in [-0.4, -0.2) is 23.7 Å². The molecule has 1 aliphatic rings. The Morgan fingerprint density at radius 2 is 2.35 bits per heavy atom. The lowest BCUT2D eigenvalue weighted by molar-refractivity contribution is -0.123. The van der Waals surface area contributed by atoms with Crippen LogP contribution in [0.3, 0.4) is 0 Å². The molecule has 0 aliphatic heterocycles. The first-order chi connectivity index (χ1) is 9.60. The molecule has 1 amide bonds. The number of rotatable bonds is 5. The van der Waals surface area contributed by atoms with E-state index in [1.54, 1.807) is 0 Å². The molecule has 0 saturated carbocycles. The molecule has 4 heteroatoms. The van der Waals surface area contributed by atoms with Gasteiger partial charge in [0.05, 0.1) is 6.10 Å². The third-order valence-electron chi connectivity index (χ3n) is 3.79. The molecule has 0 fully saturated rings. The third-order valence-corrected chi connectivity index (χ3v) is 3.79. The summed E-state index contributed by atoms with van der Waals surface area (Å²) < 4.78 is 5.50. The van der Waals surface area contributed by atoms with Crippen LogP contribution in [0.2, 0.25) is 0 Å². The van der Waals surface area contributed by atoms with Gasteiger partial charge in [-0.15, -0.1) is 0 Å². The summed E-state index contributed by atoms with van der Waals surface area (Å²) in [4.78, 5) is 11.7. The first kappa shape index (κ1) is 14.9. The zero-order valence-electron chi connectivity index (χ0n) is 12.2. The van der Waals surface area contributed by atoms with Gasteiger partial charge in [0, 0.05) is 6.04 Å². The Kier molecular flexibility index (Phi) is 5.01. The number of fused-ring (bicyclic) bond motifs is 1. The predicted octanol–water partition coefficient (Wildman–Crippen LogP) is 2.35. The Bertz CT molecular complexity index is 473. The minimum absolute atomic E-state index is 0.0131. The number of benzene rings is 1. The molecule has 2 atom stereocenters. The normalized spacial score (nSPS) is 19.1. The fraction of sp³-hybridized carbons (Fsp3) is 0.562. The summed E-state index contributed by atoms with van der Waals surface area (Å²) in [7, 11) is 0. The lowest BCUT2D eigenvalue weighted by atomic mass is 9.89. The highest BCUT2D eigenvalue weighted by Gasteiger charge is 2.18. The topological polar surface area (TPSA) is 58.6 Å². The maximum Gasteiger partial charge on any atom is 0.258 e. The lowest BCUT2D eigenvalue weighted by Crippen LogP contribution is -2.35. The quantitative estimate of drug-likeness (QED) is 0.868. The van der Waals surface area contributed by atoms with Crippen molar-refractivity contribution >= 4 is 5.91 Å². The van der Waals surface area contributed by atoms with Crippen molar-refractivity contribution in [3.63, 3.8) is 0 Å². The molecule has 1 aromatic rings. The zero-order chi connectivity index (χ0) is 14.5. The predicted molar refractivity (Wildman–Crippen MR) is 77.7 cm³/mol. The van der Waals surface area contributed by atoms with Crippen LogP contribution in [0.4, 0.5) is 0 Å². The molecule has 1 unspecified atom stereocenters. The molecule has 0 bridgehead atoms. The Hall–Kier alpha value is -1.55. The molecule has 2 N–H and O–H groups in total. The number of aliphatic hydroxyl groups is 1. The largest absolute Gasteiger partial charge is 0.484 e. The molecule has 2 rings (SSSR count). The first-order valence-electron chi connectivity index (χ1n) is 7.33. The van der Waals surface area contributed by atoms with E-state index in [4.69, 9.17) is 4.74 Å². The van der Waals surface area contributed by atoms with Crippen molar-refractivity contribution in [3.05, 3.63) is 29.3 Å². The highest BCUT2D eigenvalue weighted by molar-refractivity contribution is 5.77. The van der Waals surface area contributed by atoms with E-state index in [9.17, 15) is 9.90 Å². The number of hydrogen-bond donors (Lipinski definition) is 2. The van der Waals surface area contributed by atoms with Crippen LogP contribution < -0.4 is 10.1 Å². The number of hydrogen-bond acceptors (Lipinski definition) is 3. The Morgan fingerprint density at radius 1 is 1.55 bits per heavy atom. The van der Waals surface area contributed by atoms with Crippen molar-refractivity contribution in [3.8, 4) is 5.75 Å². The molecule has 20 heavy (non-hydrogen) atoms. The molecule has 1 aromatic carbocycles. The molecule has 0 aromatic heterocycles. The van der Waals surface area contributed by atoms with Crippen LogP contribution in [0.15, 0.2) is 18.2 Å². The Morgan fingerprint density at radius 3 is 3.10 bits per heavy atom. The van der Waals surface area contributed by atoms with Gasteiger partial charge < -0.3 is 15.2 Å². The van der Waals surface area contributed by atoms with Gasteiger partial charge in [-0.1, -0.05) is 13.0 Å². The van der Waals surface area contributed by atoms with Crippen molar-refractivity contribution in [1.29, 1.82) is 0 Å². The fourth-order valence-electron chi connectivity index (χ4n) is 2.41. The molecule has 4 nitrogen and oxygen atoms in total. The van der Waals surface area contributed by atoms with Gasteiger partial charge in [0.1, 0.15) is 5.75 Å². The van der Waals surface area contributed by atoms with E-state index in [-0.39, 0.29) is 18.6 Å². The zero-order valence-corrected chi connectivity index (χ0v) is 12.2. The van der Waals surface area contributed by atoms with E-state index < -0.39 is 6.10 Å². The highest BCUT2D eigenvalue weighted by Crippen LogP contribution is 2.32. The molecule has 0 saturated heterocycles. The van der Waals surface area contributed by atoms with E-state index in [1.165, 1.54) is 5.56 Å². The summed E-state index contributed by atoms with van der Waals surface area (Å²) in [6.45, 7) is 4.00. The summed E-state index contributed by atoms with van der Waals surface area (Å²) in [6.07, 6.45) is 3.31. The van der Waals surface area contributed by atoms with Crippen molar-refractivity contribution in [2.24, 2.45) is 0 Å². The van der Waals surface area contributed by atoms with Gasteiger partial charge in [-0.3, -0.25) is 4.79 Å². The molecule has 1 aliphatic carbocycles. The minimum atomic E-state index is -0.406. The summed E-state index contributed by atoms with van der Waals surface area (Å²) in [5, 5.41) is 12.8. The van der Waals surface area contributed by atoms with E-state index in [0.29, 0.717) is 5.75 Å². The molecule has 110 valence electrons. The average molecular weight is 277 g/mol. The maximum atomic E-state index is 11.7. The third kappa shape index (κ3) is 3.73. The monoisotopic (exact) mass is 277 g/mol. The van der Waals surface area contributed by atoms with Crippen molar-refractivity contribution in [2.75, 3.05) is 6.61 Å².